The van der Waals surface area contributed by atoms with Crippen molar-refractivity contribution in [3.63, 3.8) is 0 Å². The highest BCUT2D eigenvalue weighted by atomic mass is 35.5. The van der Waals surface area contributed by atoms with Crippen molar-refractivity contribution in [3.8, 4) is 17.6 Å². The maximum Gasteiger partial charge on any atom is 0.266 e. The van der Waals surface area contributed by atoms with E-state index in [-0.39, 0.29) is 5.57 Å². The van der Waals surface area contributed by atoms with E-state index in [1.807, 2.05) is 19.1 Å². The van der Waals surface area contributed by atoms with E-state index in [2.05, 4.69) is 18.5 Å². The zero-order chi connectivity index (χ0) is 22.1. The molecule has 0 atom stereocenters. The number of methoxy groups -OCH3 is 1. The van der Waals surface area contributed by atoms with Gasteiger partial charge >= 0.3 is 0 Å². The molecule has 5 nitrogen and oxygen atoms in total. The molecule has 0 heterocycles. The Morgan fingerprint density at radius 3 is 2.63 bits per heavy atom. The number of ether oxygens (including phenoxy) is 2. The summed E-state index contributed by atoms with van der Waals surface area (Å²) in [5.41, 5.74) is 2.79. The van der Waals surface area contributed by atoms with Crippen LogP contribution >= 0.6 is 11.6 Å². The van der Waals surface area contributed by atoms with Crippen LogP contribution < -0.4 is 14.8 Å². The van der Waals surface area contributed by atoms with Crippen LogP contribution in [-0.2, 0) is 11.2 Å². The van der Waals surface area contributed by atoms with Crippen LogP contribution in [0.2, 0.25) is 5.02 Å². The number of allylic oxidation sites excluding steroid dienone is 1. The van der Waals surface area contributed by atoms with Crippen molar-refractivity contribution >= 4 is 29.3 Å². The molecule has 0 aliphatic heterocycles. The van der Waals surface area contributed by atoms with Crippen molar-refractivity contribution in [1.29, 1.82) is 5.26 Å². The van der Waals surface area contributed by atoms with Crippen molar-refractivity contribution in [3.05, 3.63) is 82.9 Å². The van der Waals surface area contributed by atoms with E-state index >= 15 is 0 Å². The zero-order valence-electron chi connectivity index (χ0n) is 17.0. The average Bonchev–Trinajstić information content (AvgIpc) is 2.73. The molecule has 2 aromatic carbocycles. The number of aryl methyl sites for hydroxylation is 1. The number of carbonyl (C=O) groups is 1. The van der Waals surface area contributed by atoms with Crippen molar-refractivity contribution in [2.24, 2.45) is 0 Å². The summed E-state index contributed by atoms with van der Waals surface area (Å²) in [6, 6.07) is 10.6. The number of halogens is 1. The molecular formula is C24H23ClN2O3. The van der Waals surface area contributed by atoms with E-state index < -0.39 is 5.91 Å². The van der Waals surface area contributed by atoms with E-state index in [0.29, 0.717) is 40.8 Å². The maximum absolute atomic E-state index is 12.6. The molecule has 0 aromatic heterocycles. The van der Waals surface area contributed by atoms with Gasteiger partial charge < -0.3 is 14.8 Å². The topological polar surface area (TPSA) is 71.3 Å². The Morgan fingerprint density at radius 2 is 2.03 bits per heavy atom. The van der Waals surface area contributed by atoms with Crippen LogP contribution in [0.25, 0.3) is 6.08 Å². The minimum atomic E-state index is -0.534. The number of hydrogen-bond donors (Lipinski definition) is 1. The fourth-order valence-electron chi connectivity index (χ4n) is 2.72. The van der Waals surface area contributed by atoms with Gasteiger partial charge in [-0.15, -0.1) is 6.58 Å². The molecule has 30 heavy (non-hydrogen) atoms. The number of nitriles is 1. The molecule has 6 heteroatoms. The lowest BCUT2D eigenvalue weighted by atomic mass is 10.0. The number of nitrogens with zero attached hydrogens (tertiary/aromatic N) is 1. The molecule has 0 unspecified atom stereocenters. The first kappa shape index (κ1) is 22.8. The fourth-order valence-corrected chi connectivity index (χ4v) is 2.90. The summed E-state index contributed by atoms with van der Waals surface area (Å²) in [5, 5.41) is 12.7. The Labute approximate surface area is 181 Å². The third-order valence-electron chi connectivity index (χ3n) is 4.19. The van der Waals surface area contributed by atoms with Gasteiger partial charge in [-0.05, 0) is 54.8 Å². The first-order chi connectivity index (χ1) is 14.4. The van der Waals surface area contributed by atoms with Gasteiger partial charge in [0, 0.05) is 16.3 Å². The summed E-state index contributed by atoms with van der Waals surface area (Å²) in [6.07, 6.45) is 5.40. The predicted octanol–water partition coefficient (Wildman–Crippen LogP) is 5.50. The number of rotatable bonds is 9. The molecular weight excluding hydrogens is 400 g/mol. The van der Waals surface area contributed by atoms with Gasteiger partial charge in [0.1, 0.15) is 18.2 Å². The summed E-state index contributed by atoms with van der Waals surface area (Å²) in [6.45, 7) is 9.61. The highest BCUT2D eigenvalue weighted by Crippen LogP contribution is 2.34. The normalized spacial score (nSPS) is 10.7. The van der Waals surface area contributed by atoms with E-state index in [9.17, 15) is 10.1 Å². The van der Waals surface area contributed by atoms with Gasteiger partial charge in [-0.1, -0.05) is 36.4 Å². The van der Waals surface area contributed by atoms with Crippen molar-refractivity contribution in [1.82, 2.24) is 0 Å². The van der Waals surface area contributed by atoms with Crippen molar-refractivity contribution in [2.45, 2.75) is 13.3 Å². The van der Waals surface area contributed by atoms with Crippen LogP contribution in [0.4, 0.5) is 5.69 Å². The molecule has 1 N–H and O–H groups in total. The van der Waals surface area contributed by atoms with Crippen LogP contribution in [0.3, 0.4) is 0 Å². The molecule has 0 bridgehead atoms. The zero-order valence-corrected chi connectivity index (χ0v) is 17.8. The van der Waals surface area contributed by atoms with Crippen LogP contribution in [-0.4, -0.2) is 19.6 Å². The van der Waals surface area contributed by atoms with Gasteiger partial charge in [0.2, 0.25) is 0 Å². The molecule has 0 aliphatic carbocycles. The van der Waals surface area contributed by atoms with Gasteiger partial charge in [0.25, 0.3) is 5.91 Å². The first-order valence-electron chi connectivity index (χ1n) is 9.18. The van der Waals surface area contributed by atoms with Crippen molar-refractivity contribution < 1.29 is 14.3 Å². The summed E-state index contributed by atoms with van der Waals surface area (Å²) in [5.74, 6) is 0.533. The molecule has 154 valence electrons. The third-order valence-corrected chi connectivity index (χ3v) is 4.60. The van der Waals surface area contributed by atoms with Gasteiger partial charge in [-0.25, -0.2) is 0 Å². The van der Waals surface area contributed by atoms with Crippen LogP contribution in [0.5, 0.6) is 11.5 Å². The van der Waals surface area contributed by atoms with E-state index in [0.717, 1.165) is 11.1 Å². The molecule has 0 radical (unpaired) electrons. The highest BCUT2D eigenvalue weighted by Gasteiger charge is 2.15. The van der Waals surface area contributed by atoms with Gasteiger partial charge in [-0.3, -0.25) is 4.79 Å². The number of amides is 1. The minimum absolute atomic E-state index is 0.0573. The highest BCUT2D eigenvalue weighted by molar-refractivity contribution is 6.31. The van der Waals surface area contributed by atoms with E-state index in [1.165, 1.54) is 13.2 Å². The molecule has 1 amide bonds. The SMILES string of the molecule is C=CCOc1c(CC=C)cc(/C=C(/C#N)C(=O)Nc2ccc(C)c(Cl)c2)cc1OC. The number of carbonyl (C=O) groups excluding carboxylic acids is 1. The summed E-state index contributed by atoms with van der Waals surface area (Å²) in [4.78, 5) is 12.6. The Morgan fingerprint density at radius 1 is 1.27 bits per heavy atom. The number of hydrogen-bond acceptors (Lipinski definition) is 4. The second-order valence-electron chi connectivity index (χ2n) is 6.39. The van der Waals surface area contributed by atoms with Gasteiger partial charge in [0.15, 0.2) is 11.5 Å². The summed E-state index contributed by atoms with van der Waals surface area (Å²) >= 11 is 6.10. The molecule has 0 saturated heterocycles. The Hall–Kier alpha value is -3.49. The van der Waals surface area contributed by atoms with Crippen molar-refractivity contribution in [2.75, 3.05) is 19.0 Å². The number of benzene rings is 2. The van der Waals surface area contributed by atoms with Crippen LogP contribution in [0.15, 0.2) is 61.2 Å². The summed E-state index contributed by atoms with van der Waals surface area (Å²) in [7, 11) is 1.53. The molecule has 0 spiro atoms. The maximum atomic E-state index is 12.6. The second kappa shape index (κ2) is 10.9. The standard InChI is InChI=1S/C24H23ClN2O3/c1-5-7-18-11-17(13-22(29-4)23(18)30-10-6-2)12-19(15-26)24(28)27-20-9-8-16(3)21(25)14-20/h5-6,8-9,11-14H,1-2,7,10H2,3-4H3,(H,27,28)/b19-12-. The largest absolute Gasteiger partial charge is 0.493 e. The van der Waals surface area contributed by atoms with E-state index in [1.54, 1.807) is 36.4 Å². The van der Waals surface area contributed by atoms with Crippen LogP contribution in [0, 0.1) is 18.3 Å². The monoisotopic (exact) mass is 422 g/mol. The Balaban J connectivity index is 2.39. The van der Waals surface area contributed by atoms with Gasteiger partial charge in [0.05, 0.1) is 7.11 Å². The predicted molar refractivity (Wildman–Crippen MR) is 121 cm³/mol. The Bertz CT molecular complexity index is 1040. The minimum Gasteiger partial charge on any atom is -0.493 e. The molecule has 0 saturated carbocycles. The molecule has 0 fully saturated rings. The lowest BCUT2D eigenvalue weighted by molar-refractivity contribution is -0.112. The summed E-state index contributed by atoms with van der Waals surface area (Å²) < 4.78 is 11.2. The van der Waals surface area contributed by atoms with Crippen LogP contribution in [0.1, 0.15) is 16.7 Å². The number of anilines is 1. The lowest BCUT2D eigenvalue weighted by Gasteiger charge is -2.15. The third kappa shape index (κ3) is 5.76. The molecule has 0 aliphatic rings. The lowest BCUT2D eigenvalue weighted by Crippen LogP contribution is -2.13. The molecule has 2 rings (SSSR count). The molecule has 2 aromatic rings. The first-order valence-corrected chi connectivity index (χ1v) is 9.56. The fraction of sp³-hybridized carbons (Fsp3) is 0.167. The van der Waals surface area contributed by atoms with E-state index in [4.69, 9.17) is 21.1 Å². The van der Waals surface area contributed by atoms with Gasteiger partial charge in [-0.2, -0.15) is 5.26 Å². The Kier molecular flexibility index (Phi) is 8.28. The number of nitrogens with one attached hydrogen (secondary N) is 1. The quantitative estimate of drug-likeness (QED) is 0.329. The average molecular weight is 423 g/mol. The second-order valence-corrected chi connectivity index (χ2v) is 6.80. The smallest absolute Gasteiger partial charge is 0.266 e.